The molecule has 0 radical (unpaired) electrons. The van der Waals surface area contributed by atoms with Crippen LogP contribution in [0.3, 0.4) is 0 Å². The van der Waals surface area contributed by atoms with Crippen LogP contribution in [0.5, 0.6) is 0 Å². The molecule has 0 fully saturated rings. The first-order valence-corrected chi connectivity index (χ1v) is 4.82. The van der Waals surface area contributed by atoms with Crippen LogP contribution in [-0.2, 0) is 0 Å². The summed E-state index contributed by atoms with van der Waals surface area (Å²) in [5.41, 5.74) is 3.13. The number of nitro groups is 2. The molecule has 0 aromatic heterocycles. The lowest BCUT2D eigenvalue weighted by atomic mass is 10.0. The molecule has 1 aromatic rings. The van der Waals surface area contributed by atoms with E-state index in [2.05, 4.69) is 0 Å². The summed E-state index contributed by atoms with van der Waals surface area (Å²) in [6, 6.07) is 3.54. The third kappa shape index (κ3) is 3.73. The lowest BCUT2D eigenvalue weighted by molar-refractivity contribution is -0.527. The number of carbonyl (C=O) groups is 2. The molecular formula is C9H8N4O6. The Labute approximate surface area is 105 Å². The maximum absolute atomic E-state index is 11.4. The Balaban J connectivity index is 2.97. The Morgan fingerprint density at radius 3 is 2.05 bits per heavy atom. The highest BCUT2D eigenvalue weighted by Gasteiger charge is 2.17. The molecule has 0 unspecified atom stereocenters. The minimum absolute atomic E-state index is 0.00523. The Hall–Kier alpha value is -3.04. The maximum atomic E-state index is 11.4. The van der Waals surface area contributed by atoms with E-state index in [1.165, 1.54) is 29.9 Å². The lowest BCUT2D eigenvalue weighted by Crippen LogP contribution is -2.31. The predicted molar refractivity (Wildman–Crippen MR) is 60.1 cm³/mol. The molecule has 19 heavy (non-hydrogen) atoms. The minimum atomic E-state index is -1.01. The molecule has 0 aliphatic heterocycles. The second kappa shape index (κ2) is 5.53. The van der Waals surface area contributed by atoms with Crippen molar-refractivity contribution in [2.45, 2.75) is 6.92 Å². The van der Waals surface area contributed by atoms with Gasteiger partial charge in [-0.2, -0.15) is 0 Å². The third-order valence-electron chi connectivity index (χ3n) is 2.12. The molecule has 10 heteroatoms. The number of carbonyl (C=O) groups excluding carboxylic acids is 2. The zero-order chi connectivity index (χ0) is 14.6. The molecule has 2 amide bonds. The van der Waals surface area contributed by atoms with E-state index in [0.717, 1.165) is 6.07 Å². The van der Waals surface area contributed by atoms with Gasteiger partial charge in [-0.15, -0.1) is 0 Å². The predicted octanol–water partition coefficient (Wildman–Crippen LogP) is -0.162. The fraction of sp³-hybridized carbons (Fsp3) is 0.111. The molecule has 0 spiro atoms. The van der Waals surface area contributed by atoms with Crippen LogP contribution in [-0.4, -0.2) is 21.9 Å². The van der Waals surface area contributed by atoms with E-state index < -0.39 is 21.9 Å². The van der Waals surface area contributed by atoms with Gasteiger partial charge in [0.05, 0.1) is 0 Å². The van der Waals surface area contributed by atoms with Gasteiger partial charge in [0.15, 0.2) is 10.1 Å². The van der Waals surface area contributed by atoms with Gasteiger partial charge in [0.25, 0.3) is 0 Å². The van der Waals surface area contributed by atoms with Crippen LogP contribution in [0.2, 0.25) is 0 Å². The highest BCUT2D eigenvalue weighted by molar-refractivity contribution is 5.98. The molecule has 10 nitrogen and oxygen atoms in total. The van der Waals surface area contributed by atoms with Crippen molar-refractivity contribution in [1.29, 1.82) is 0 Å². The van der Waals surface area contributed by atoms with Crippen molar-refractivity contribution in [1.82, 2.24) is 10.9 Å². The minimum Gasteiger partial charge on any atom is -0.263 e. The first kappa shape index (κ1) is 14.0. The van der Waals surface area contributed by atoms with E-state index in [9.17, 15) is 29.8 Å². The summed E-state index contributed by atoms with van der Waals surface area (Å²) < 4.78 is 0. The van der Waals surface area contributed by atoms with Gasteiger partial charge in [0, 0.05) is 11.1 Å². The quantitative estimate of drug-likeness (QED) is 0.573. The summed E-state index contributed by atoms with van der Waals surface area (Å²) in [7, 11) is 0. The monoisotopic (exact) mass is 268 g/mol. The van der Waals surface area contributed by atoms with E-state index in [0.29, 0.717) is 0 Å². The Morgan fingerprint density at radius 1 is 1.05 bits per heavy atom. The van der Waals surface area contributed by atoms with Crippen molar-refractivity contribution in [3.8, 4) is 0 Å². The summed E-state index contributed by atoms with van der Waals surface area (Å²) in [5.74, 6) is -1.89. The number of hydrazine groups is 2. The number of hydrogen-bond donors (Lipinski definition) is 2. The maximum Gasteiger partial charge on any atom is 0.311 e. The fourth-order valence-electron chi connectivity index (χ4n) is 1.35. The molecule has 0 aliphatic rings. The van der Waals surface area contributed by atoms with Gasteiger partial charge < -0.3 is 0 Å². The van der Waals surface area contributed by atoms with E-state index in [4.69, 9.17) is 0 Å². The first-order chi connectivity index (χ1) is 8.81. The topological polar surface area (TPSA) is 144 Å². The highest BCUT2D eigenvalue weighted by Crippen LogP contribution is 2.11. The Kier molecular flexibility index (Phi) is 4.08. The number of nitrogens with one attached hydrogen (secondary N) is 2. The summed E-state index contributed by atoms with van der Waals surface area (Å²) in [6.45, 7) is 1.44. The van der Waals surface area contributed by atoms with Gasteiger partial charge in [-0.1, -0.05) is 10.9 Å². The van der Waals surface area contributed by atoms with Crippen LogP contribution in [0.15, 0.2) is 18.2 Å². The molecular weight excluding hydrogens is 260 g/mol. The third-order valence-corrected chi connectivity index (χ3v) is 2.12. The van der Waals surface area contributed by atoms with Crippen LogP contribution < -0.4 is 10.9 Å². The molecule has 100 valence electrons. The molecule has 0 saturated carbocycles. The van der Waals surface area contributed by atoms with Gasteiger partial charge in [0.2, 0.25) is 0 Å². The molecule has 0 aliphatic carbocycles. The van der Waals surface area contributed by atoms with Crippen LogP contribution in [0.1, 0.15) is 26.3 Å². The standard InChI is InChI=1S/C9H8N4O6/c1-5-4-6(8(14)10-12(16)17)2-3-7(5)9(15)11-13(18)19/h2-4H,1H3,(H,10,14)(H,11,15). The molecule has 1 rings (SSSR count). The lowest BCUT2D eigenvalue weighted by Gasteiger charge is -2.04. The zero-order valence-electron chi connectivity index (χ0n) is 9.58. The molecule has 1 aromatic carbocycles. The number of hydrogen-bond acceptors (Lipinski definition) is 6. The second-order valence-corrected chi connectivity index (χ2v) is 3.43. The average molecular weight is 268 g/mol. The van der Waals surface area contributed by atoms with E-state index in [1.54, 1.807) is 0 Å². The normalized spacial score (nSPS) is 9.53. The Bertz CT molecular complexity index is 570. The number of amides is 2. The number of nitrogens with zero attached hydrogens (tertiary/aromatic N) is 2. The van der Waals surface area contributed by atoms with E-state index in [1.807, 2.05) is 0 Å². The molecule has 0 saturated heterocycles. The van der Waals surface area contributed by atoms with Crippen molar-refractivity contribution in [3.05, 3.63) is 55.1 Å². The summed E-state index contributed by atoms with van der Waals surface area (Å²) in [4.78, 5) is 42.9. The molecule has 0 atom stereocenters. The summed E-state index contributed by atoms with van der Waals surface area (Å²) in [5, 5.41) is 18.2. The van der Waals surface area contributed by atoms with E-state index in [-0.39, 0.29) is 16.7 Å². The molecule has 2 N–H and O–H groups in total. The molecule has 0 heterocycles. The van der Waals surface area contributed by atoms with Crippen molar-refractivity contribution in [2.24, 2.45) is 0 Å². The van der Waals surface area contributed by atoms with Gasteiger partial charge in [-0.05, 0) is 30.7 Å². The fourth-order valence-corrected chi connectivity index (χ4v) is 1.35. The SMILES string of the molecule is Cc1cc(C(=O)N[N+](=O)[O-])ccc1C(=O)N[N+](=O)[O-]. The van der Waals surface area contributed by atoms with Crippen LogP contribution in [0.25, 0.3) is 0 Å². The van der Waals surface area contributed by atoms with Gasteiger partial charge >= 0.3 is 11.8 Å². The van der Waals surface area contributed by atoms with Crippen LogP contribution in [0.4, 0.5) is 0 Å². The zero-order valence-corrected chi connectivity index (χ0v) is 9.58. The van der Waals surface area contributed by atoms with Crippen molar-refractivity contribution in [3.63, 3.8) is 0 Å². The molecule has 0 bridgehead atoms. The average Bonchev–Trinajstić information content (AvgIpc) is 2.26. The summed E-state index contributed by atoms with van der Waals surface area (Å²) in [6.07, 6.45) is 0. The summed E-state index contributed by atoms with van der Waals surface area (Å²) >= 11 is 0. The van der Waals surface area contributed by atoms with Crippen molar-refractivity contribution in [2.75, 3.05) is 0 Å². The van der Waals surface area contributed by atoms with Crippen molar-refractivity contribution >= 4 is 11.8 Å². The second-order valence-electron chi connectivity index (χ2n) is 3.43. The largest absolute Gasteiger partial charge is 0.311 e. The first-order valence-electron chi connectivity index (χ1n) is 4.82. The van der Waals surface area contributed by atoms with Crippen molar-refractivity contribution < 1.29 is 19.7 Å². The van der Waals surface area contributed by atoms with Gasteiger partial charge in [-0.3, -0.25) is 9.59 Å². The van der Waals surface area contributed by atoms with Crippen LogP contribution in [0, 0.1) is 27.2 Å². The Morgan fingerprint density at radius 2 is 1.58 bits per heavy atom. The number of rotatable bonds is 4. The van der Waals surface area contributed by atoms with E-state index >= 15 is 0 Å². The smallest absolute Gasteiger partial charge is 0.263 e. The van der Waals surface area contributed by atoms with Gasteiger partial charge in [0.1, 0.15) is 0 Å². The highest BCUT2D eigenvalue weighted by atomic mass is 16.7. The van der Waals surface area contributed by atoms with Gasteiger partial charge in [-0.25, -0.2) is 20.2 Å². The number of aryl methyl sites for hydroxylation is 1. The van der Waals surface area contributed by atoms with Crippen LogP contribution >= 0.6 is 0 Å². The number of benzene rings is 1.